The number of rotatable bonds is 3. The first-order chi connectivity index (χ1) is 11.4. The second kappa shape index (κ2) is 6.23. The maximum atomic E-state index is 13.0. The van der Waals surface area contributed by atoms with Crippen molar-refractivity contribution < 1.29 is 41.0 Å². The van der Waals surface area contributed by atoms with Gasteiger partial charge in [0.25, 0.3) is 5.91 Å². The lowest BCUT2D eigenvalue weighted by molar-refractivity contribution is -0.187. The van der Waals surface area contributed by atoms with E-state index in [1.165, 1.54) is 6.92 Å². The van der Waals surface area contributed by atoms with Crippen molar-refractivity contribution >= 4 is 11.9 Å². The highest BCUT2D eigenvalue weighted by Gasteiger charge is 2.54. The van der Waals surface area contributed by atoms with E-state index in [9.17, 15) is 35.9 Å². The molecule has 2 atom stereocenters. The molecule has 12 heteroatoms. The Balaban J connectivity index is 2.36. The van der Waals surface area contributed by atoms with Crippen molar-refractivity contribution in [3.8, 4) is 0 Å². The Hall–Kier alpha value is -2.27. The number of nitrogens with zero attached hydrogens (tertiary/aromatic N) is 3. The van der Waals surface area contributed by atoms with Crippen LogP contribution < -0.4 is 0 Å². The van der Waals surface area contributed by atoms with Crippen LogP contribution in [-0.4, -0.2) is 50.9 Å². The predicted octanol–water partition coefficient (Wildman–Crippen LogP) is 2.26. The molecule has 25 heavy (non-hydrogen) atoms. The average Bonchev–Trinajstić information content (AvgIpc) is 3.10. The summed E-state index contributed by atoms with van der Waals surface area (Å²) < 4.78 is 78.6. The fraction of sp³-hybridized carbons (Fsp3) is 0.615. The van der Waals surface area contributed by atoms with Gasteiger partial charge in [-0.05, 0) is 6.92 Å². The predicted molar refractivity (Wildman–Crippen MR) is 69.5 cm³/mol. The third-order valence-electron chi connectivity index (χ3n) is 3.93. The molecule has 1 aromatic heterocycles. The molecule has 0 spiro atoms. The minimum atomic E-state index is -4.97. The topological polar surface area (TPSA) is 75.4 Å². The summed E-state index contributed by atoms with van der Waals surface area (Å²) in [5, 5.41) is 12.1. The number of aryl methyl sites for hydroxylation is 1. The number of hydrogen-bond donors (Lipinski definition) is 1. The summed E-state index contributed by atoms with van der Waals surface area (Å²) in [5.41, 5.74) is -2.41. The fourth-order valence-electron chi connectivity index (χ4n) is 2.67. The van der Waals surface area contributed by atoms with Gasteiger partial charge in [0, 0.05) is 25.8 Å². The molecule has 0 bridgehead atoms. The summed E-state index contributed by atoms with van der Waals surface area (Å²) in [4.78, 5) is 23.8. The Labute approximate surface area is 137 Å². The molecule has 1 aliphatic rings. The van der Waals surface area contributed by atoms with Crippen molar-refractivity contribution in [1.82, 2.24) is 14.7 Å². The van der Waals surface area contributed by atoms with Gasteiger partial charge in [-0.2, -0.15) is 31.4 Å². The van der Waals surface area contributed by atoms with Crippen molar-refractivity contribution in [3.05, 3.63) is 17.5 Å². The lowest BCUT2D eigenvalue weighted by atomic mass is 9.96. The quantitative estimate of drug-likeness (QED) is 0.825. The van der Waals surface area contributed by atoms with Crippen molar-refractivity contribution in [3.63, 3.8) is 0 Å². The number of amides is 1. The second-order valence-electron chi connectivity index (χ2n) is 5.55. The van der Waals surface area contributed by atoms with Crippen LogP contribution in [0.25, 0.3) is 0 Å². The first-order valence-corrected chi connectivity index (χ1v) is 7.09. The van der Waals surface area contributed by atoms with Gasteiger partial charge in [0.05, 0.1) is 17.4 Å². The van der Waals surface area contributed by atoms with Crippen LogP contribution >= 0.6 is 0 Å². The van der Waals surface area contributed by atoms with E-state index in [2.05, 4.69) is 5.10 Å². The maximum absolute atomic E-state index is 13.0. The van der Waals surface area contributed by atoms with Gasteiger partial charge in [-0.25, -0.2) is 0 Å². The second-order valence-corrected chi connectivity index (χ2v) is 5.55. The smallest absolute Gasteiger partial charge is 0.435 e. The number of aliphatic carboxylic acids is 1. The van der Waals surface area contributed by atoms with E-state index in [1.807, 2.05) is 0 Å². The molecule has 1 amide bonds. The molecule has 1 N–H and O–H groups in total. The number of aromatic nitrogens is 2. The highest BCUT2D eigenvalue weighted by atomic mass is 19.4. The molecular weight excluding hydrogens is 360 g/mol. The Morgan fingerprint density at radius 1 is 1.24 bits per heavy atom. The molecule has 1 aromatic rings. The zero-order chi connectivity index (χ0) is 19.2. The van der Waals surface area contributed by atoms with E-state index in [4.69, 9.17) is 5.11 Å². The number of halogens is 6. The highest BCUT2D eigenvalue weighted by Crippen LogP contribution is 2.39. The molecule has 0 aromatic carbocycles. The minimum Gasteiger partial charge on any atom is -0.481 e. The molecule has 0 unspecified atom stereocenters. The number of likely N-dealkylation sites (tertiary alicyclic amines) is 1. The van der Waals surface area contributed by atoms with Gasteiger partial charge < -0.3 is 10.0 Å². The SMILES string of the molecule is CCn1cc(C(=O)N2C[C@@H](C(F)(F)F)[C@H](C(=O)O)C2)c(C(F)(F)F)n1. The minimum absolute atomic E-state index is 0.0132. The van der Waals surface area contributed by atoms with Crippen LogP contribution in [0.1, 0.15) is 23.0 Å². The first-order valence-electron chi connectivity index (χ1n) is 7.09. The van der Waals surface area contributed by atoms with E-state index >= 15 is 0 Å². The number of carbonyl (C=O) groups is 2. The van der Waals surface area contributed by atoms with Crippen LogP contribution in [-0.2, 0) is 17.5 Å². The lowest BCUT2D eigenvalue weighted by Gasteiger charge is -2.18. The number of carbonyl (C=O) groups excluding carboxylic acids is 1. The van der Waals surface area contributed by atoms with E-state index in [1.54, 1.807) is 0 Å². The molecule has 6 nitrogen and oxygen atoms in total. The summed E-state index contributed by atoms with van der Waals surface area (Å²) in [6, 6.07) is 0. The third-order valence-corrected chi connectivity index (χ3v) is 3.93. The van der Waals surface area contributed by atoms with E-state index in [0.29, 0.717) is 4.90 Å². The summed E-state index contributed by atoms with van der Waals surface area (Å²) in [5.74, 6) is -7.37. The molecule has 0 saturated carbocycles. The molecule has 140 valence electrons. The zero-order valence-electron chi connectivity index (χ0n) is 12.7. The standard InChI is InChI=1S/C13H13F6N3O3/c1-2-22-4-7(9(20-22)13(17,18)19)10(23)21-3-6(11(24)25)8(5-21)12(14,15)16/h4,6,8H,2-3,5H2,1H3,(H,24,25)/t6-,8-/m1/s1. The Kier molecular flexibility index (Phi) is 4.75. The number of alkyl halides is 6. The number of hydrogen-bond acceptors (Lipinski definition) is 3. The number of carboxylic acids is 1. The van der Waals surface area contributed by atoms with Gasteiger partial charge in [-0.15, -0.1) is 0 Å². The fourth-order valence-corrected chi connectivity index (χ4v) is 2.67. The van der Waals surface area contributed by atoms with E-state index in [0.717, 1.165) is 10.9 Å². The Morgan fingerprint density at radius 3 is 2.24 bits per heavy atom. The zero-order valence-corrected chi connectivity index (χ0v) is 12.7. The van der Waals surface area contributed by atoms with Crippen LogP contribution in [0.2, 0.25) is 0 Å². The monoisotopic (exact) mass is 373 g/mol. The van der Waals surface area contributed by atoms with Crippen molar-refractivity contribution in [1.29, 1.82) is 0 Å². The van der Waals surface area contributed by atoms with Gasteiger partial charge >= 0.3 is 18.3 Å². The van der Waals surface area contributed by atoms with Crippen LogP contribution in [0.15, 0.2) is 6.20 Å². The van der Waals surface area contributed by atoms with Crippen LogP contribution in [0.4, 0.5) is 26.3 Å². The summed E-state index contributed by atoms with van der Waals surface area (Å²) in [7, 11) is 0. The van der Waals surface area contributed by atoms with E-state index in [-0.39, 0.29) is 6.54 Å². The molecule has 2 rings (SSSR count). The van der Waals surface area contributed by atoms with Crippen LogP contribution in [0.5, 0.6) is 0 Å². The van der Waals surface area contributed by atoms with Crippen molar-refractivity contribution in [2.24, 2.45) is 11.8 Å². The van der Waals surface area contributed by atoms with Gasteiger partial charge in [0.1, 0.15) is 0 Å². The van der Waals surface area contributed by atoms with Crippen LogP contribution in [0, 0.1) is 11.8 Å². The number of carboxylic acid groups (broad SMARTS) is 1. The molecule has 1 aliphatic heterocycles. The summed E-state index contributed by atoms with van der Waals surface area (Å²) in [6.45, 7) is -0.364. The molecular formula is C13H13F6N3O3. The van der Waals surface area contributed by atoms with Gasteiger partial charge in [0.15, 0.2) is 5.69 Å². The Morgan fingerprint density at radius 2 is 1.84 bits per heavy atom. The maximum Gasteiger partial charge on any atom is 0.435 e. The van der Waals surface area contributed by atoms with Gasteiger partial charge in [0.2, 0.25) is 0 Å². The summed E-state index contributed by atoms with van der Waals surface area (Å²) in [6.07, 6.45) is -9.07. The first kappa shape index (κ1) is 19.1. The lowest BCUT2D eigenvalue weighted by Crippen LogP contribution is -2.34. The Bertz CT molecular complexity index is 682. The third kappa shape index (κ3) is 3.71. The normalized spacial score (nSPS) is 21.6. The largest absolute Gasteiger partial charge is 0.481 e. The van der Waals surface area contributed by atoms with Crippen LogP contribution in [0.3, 0.4) is 0 Å². The summed E-state index contributed by atoms with van der Waals surface area (Å²) >= 11 is 0. The van der Waals surface area contributed by atoms with Gasteiger partial charge in [-0.1, -0.05) is 0 Å². The molecule has 0 aliphatic carbocycles. The molecule has 1 saturated heterocycles. The molecule has 2 heterocycles. The van der Waals surface area contributed by atoms with E-state index < -0.39 is 60.4 Å². The average molecular weight is 373 g/mol. The van der Waals surface area contributed by atoms with Crippen molar-refractivity contribution in [2.45, 2.75) is 25.8 Å². The van der Waals surface area contributed by atoms with Gasteiger partial charge in [-0.3, -0.25) is 14.3 Å². The molecule has 1 fully saturated rings. The highest BCUT2D eigenvalue weighted by molar-refractivity contribution is 5.96. The van der Waals surface area contributed by atoms with Crippen molar-refractivity contribution in [2.75, 3.05) is 13.1 Å². The molecule has 0 radical (unpaired) electrons.